The van der Waals surface area contributed by atoms with Crippen LogP contribution in [0.2, 0.25) is 0 Å². The number of carbonyl (C=O) groups excluding carboxylic acids is 2. The van der Waals surface area contributed by atoms with E-state index in [1.807, 2.05) is 21.9 Å². The van der Waals surface area contributed by atoms with E-state index in [2.05, 4.69) is 26.8 Å². The van der Waals surface area contributed by atoms with E-state index in [-0.39, 0.29) is 5.91 Å². The summed E-state index contributed by atoms with van der Waals surface area (Å²) in [5.41, 5.74) is 8.55. The number of carbonyl (C=O) groups is 2. The van der Waals surface area contributed by atoms with Crippen LogP contribution in [0.1, 0.15) is 29.3 Å². The minimum Gasteiger partial charge on any atom is -0.379 e. The Morgan fingerprint density at radius 1 is 1.06 bits per heavy atom. The molecule has 0 atom stereocenters. The van der Waals surface area contributed by atoms with Gasteiger partial charge in [0.05, 0.1) is 37.0 Å². The Morgan fingerprint density at radius 3 is 2.52 bits per heavy atom. The molecule has 1 aliphatic rings. The van der Waals surface area contributed by atoms with Crippen LogP contribution in [0.25, 0.3) is 11.0 Å². The number of aryl methyl sites for hydroxylation is 1. The number of primary amides is 1. The predicted octanol–water partition coefficient (Wildman–Crippen LogP) is 1.24. The zero-order valence-corrected chi connectivity index (χ0v) is 18.8. The van der Waals surface area contributed by atoms with E-state index in [0.717, 1.165) is 42.1 Å². The van der Waals surface area contributed by atoms with Crippen molar-refractivity contribution in [1.82, 2.24) is 24.4 Å². The number of rotatable bonds is 9. The molecule has 10 heteroatoms. The molecule has 4 rings (SSSR count). The third-order valence-corrected chi connectivity index (χ3v) is 5.86. The Morgan fingerprint density at radius 2 is 1.82 bits per heavy atom. The summed E-state index contributed by atoms with van der Waals surface area (Å²) >= 11 is 0. The molecule has 1 fully saturated rings. The van der Waals surface area contributed by atoms with E-state index in [1.165, 1.54) is 0 Å². The van der Waals surface area contributed by atoms with Gasteiger partial charge in [-0.1, -0.05) is 6.92 Å². The minimum atomic E-state index is -0.470. The highest BCUT2D eigenvalue weighted by atomic mass is 16.5. The summed E-state index contributed by atoms with van der Waals surface area (Å²) < 4.78 is 7.60. The molecule has 0 radical (unpaired) electrons. The molecule has 174 valence electrons. The fourth-order valence-electron chi connectivity index (χ4n) is 3.82. The Balaban J connectivity index is 1.18. The van der Waals surface area contributed by atoms with Crippen molar-refractivity contribution in [3.63, 3.8) is 0 Å². The zero-order chi connectivity index (χ0) is 23.2. The number of hydrogen-bond acceptors (Lipinski definition) is 7. The van der Waals surface area contributed by atoms with Gasteiger partial charge in [-0.2, -0.15) is 0 Å². The first-order chi connectivity index (χ1) is 16.0. The van der Waals surface area contributed by atoms with Gasteiger partial charge in [0.2, 0.25) is 17.8 Å². The van der Waals surface area contributed by atoms with E-state index in [1.54, 1.807) is 24.5 Å². The van der Waals surface area contributed by atoms with E-state index < -0.39 is 5.91 Å². The average Bonchev–Trinajstić information content (AvgIpc) is 3.26. The molecule has 2 aromatic heterocycles. The molecule has 2 amide bonds. The summed E-state index contributed by atoms with van der Waals surface area (Å²) in [5, 5.41) is 0. The van der Waals surface area contributed by atoms with Crippen LogP contribution in [-0.2, 0) is 22.5 Å². The number of aromatic nitrogens is 4. The van der Waals surface area contributed by atoms with Crippen molar-refractivity contribution in [1.29, 1.82) is 0 Å². The molecule has 1 aromatic carbocycles. The number of ether oxygens (including phenoxy) is 1. The SMILES string of the molecule is CCc1cnc(N2CCN(C(=O)CCOCCn3cnc4ccc(C(N)=O)cc43)CC2)nc1. The largest absolute Gasteiger partial charge is 0.379 e. The maximum atomic E-state index is 12.5. The molecule has 0 saturated carbocycles. The number of nitrogens with two attached hydrogens (primary N) is 1. The summed E-state index contributed by atoms with van der Waals surface area (Å²) in [6.07, 6.45) is 6.70. The quantitative estimate of drug-likeness (QED) is 0.486. The lowest BCUT2D eigenvalue weighted by Gasteiger charge is -2.34. The van der Waals surface area contributed by atoms with Crippen molar-refractivity contribution in [3.05, 3.63) is 48.0 Å². The highest BCUT2D eigenvalue weighted by Crippen LogP contribution is 2.15. The average molecular weight is 452 g/mol. The summed E-state index contributed by atoms with van der Waals surface area (Å²) in [7, 11) is 0. The second-order valence-electron chi connectivity index (χ2n) is 7.98. The van der Waals surface area contributed by atoms with Gasteiger partial charge >= 0.3 is 0 Å². The molecule has 2 N–H and O–H groups in total. The van der Waals surface area contributed by atoms with Crippen LogP contribution in [0.4, 0.5) is 5.95 Å². The maximum Gasteiger partial charge on any atom is 0.248 e. The van der Waals surface area contributed by atoms with Gasteiger partial charge < -0.3 is 24.8 Å². The second kappa shape index (κ2) is 10.4. The number of benzene rings is 1. The molecule has 3 aromatic rings. The van der Waals surface area contributed by atoms with Crippen molar-refractivity contribution in [2.24, 2.45) is 5.73 Å². The molecule has 0 unspecified atom stereocenters. The summed E-state index contributed by atoms with van der Waals surface area (Å²) in [5.74, 6) is 0.343. The number of piperazine rings is 1. The van der Waals surface area contributed by atoms with Crippen LogP contribution >= 0.6 is 0 Å². The summed E-state index contributed by atoms with van der Waals surface area (Å²) in [6.45, 7) is 6.20. The Labute approximate surface area is 192 Å². The van der Waals surface area contributed by atoms with Gasteiger partial charge in [0, 0.05) is 50.7 Å². The molecule has 3 heterocycles. The first-order valence-corrected chi connectivity index (χ1v) is 11.2. The van der Waals surface area contributed by atoms with Gasteiger partial charge in [-0.15, -0.1) is 0 Å². The predicted molar refractivity (Wildman–Crippen MR) is 124 cm³/mol. The fraction of sp³-hybridized carbons (Fsp3) is 0.435. The van der Waals surface area contributed by atoms with Crippen LogP contribution in [0.5, 0.6) is 0 Å². The standard InChI is InChI=1S/C23H29N7O3/c1-2-17-14-25-23(26-15-17)29-8-6-28(7-9-29)21(31)5-11-33-12-10-30-16-27-19-4-3-18(22(24)32)13-20(19)30/h3-4,13-16H,2,5-12H2,1H3,(H2,24,32). The number of hydrogen-bond donors (Lipinski definition) is 1. The Kier molecular flexibility index (Phi) is 7.13. The topological polar surface area (TPSA) is 119 Å². The van der Waals surface area contributed by atoms with Crippen molar-refractivity contribution in [2.45, 2.75) is 26.3 Å². The number of imidazole rings is 1. The first kappa shape index (κ1) is 22.7. The van der Waals surface area contributed by atoms with Crippen LogP contribution in [0, 0.1) is 0 Å². The highest BCUT2D eigenvalue weighted by Gasteiger charge is 2.22. The normalized spacial score (nSPS) is 14.1. The van der Waals surface area contributed by atoms with Gasteiger partial charge in [0.15, 0.2) is 0 Å². The van der Waals surface area contributed by atoms with Crippen LogP contribution in [0.3, 0.4) is 0 Å². The third-order valence-electron chi connectivity index (χ3n) is 5.86. The van der Waals surface area contributed by atoms with Crippen molar-refractivity contribution < 1.29 is 14.3 Å². The molecule has 1 saturated heterocycles. The lowest BCUT2D eigenvalue weighted by Crippen LogP contribution is -2.49. The van der Waals surface area contributed by atoms with Crippen LogP contribution in [0.15, 0.2) is 36.9 Å². The van der Waals surface area contributed by atoms with Gasteiger partial charge in [0.1, 0.15) is 0 Å². The molecule has 1 aliphatic heterocycles. The van der Waals surface area contributed by atoms with Gasteiger partial charge in [-0.25, -0.2) is 15.0 Å². The molecule has 0 bridgehead atoms. The second-order valence-corrected chi connectivity index (χ2v) is 7.98. The number of nitrogens with zero attached hydrogens (tertiary/aromatic N) is 6. The van der Waals surface area contributed by atoms with Crippen molar-refractivity contribution >= 4 is 28.8 Å². The van der Waals surface area contributed by atoms with E-state index >= 15 is 0 Å². The number of fused-ring (bicyclic) bond motifs is 1. The molecule has 0 spiro atoms. The monoisotopic (exact) mass is 451 g/mol. The Hall–Kier alpha value is -3.53. The smallest absolute Gasteiger partial charge is 0.248 e. The summed E-state index contributed by atoms with van der Waals surface area (Å²) in [4.78, 5) is 41.1. The van der Waals surface area contributed by atoms with Gasteiger partial charge in [-0.05, 0) is 30.2 Å². The highest BCUT2D eigenvalue weighted by molar-refractivity contribution is 5.96. The van der Waals surface area contributed by atoms with E-state index in [4.69, 9.17) is 10.5 Å². The van der Waals surface area contributed by atoms with Crippen LogP contribution in [-0.4, -0.2) is 75.6 Å². The Bertz CT molecular complexity index is 1100. The molecule has 0 aliphatic carbocycles. The molecular formula is C23H29N7O3. The molecule has 33 heavy (non-hydrogen) atoms. The lowest BCUT2D eigenvalue weighted by atomic mass is 10.2. The maximum absolute atomic E-state index is 12.5. The number of anilines is 1. The molecule has 10 nitrogen and oxygen atoms in total. The number of amides is 2. The molecular weight excluding hydrogens is 422 g/mol. The minimum absolute atomic E-state index is 0.0936. The van der Waals surface area contributed by atoms with E-state index in [0.29, 0.717) is 44.8 Å². The van der Waals surface area contributed by atoms with Gasteiger partial charge in [-0.3, -0.25) is 9.59 Å². The lowest BCUT2D eigenvalue weighted by molar-refractivity contribution is -0.132. The first-order valence-electron chi connectivity index (χ1n) is 11.2. The van der Waals surface area contributed by atoms with Crippen molar-refractivity contribution in [2.75, 3.05) is 44.3 Å². The summed E-state index contributed by atoms with van der Waals surface area (Å²) in [6, 6.07) is 5.17. The fourth-order valence-corrected chi connectivity index (χ4v) is 3.82. The van der Waals surface area contributed by atoms with Crippen LogP contribution < -0.4 is 10.6 Å². The zero-order valence-electron chi connectivity index (χ0n) is 18.8. The van der Waals surface area contributed by atoms with E-state index in [9.17, 15) is 9.59 Å². The van der Waals surface area contributed by atoms with Gasteiger partial charge in [0.25, 0.3) is 0 Å². The third kappa shape index (κ3) is 5.46. The van der Waals surface area contributed by atoms with Crippen molar-refractivity contribution in [3.8, 4) is 0 Å².